The van der Waals surface area contributed by atoms with E-state index in [1.54, 1.807) is 7.11 Å². The van der Waals surface area contributed by atoms with E-state index in [1.807, 2.05) is 48.5 Å². The summed E-state index contributed by atoms with van der Waals surface area (Å²) >= 11 is 3.38. The molecule has 0 aliphatic rings. The molecule has 1 N–H and O–H groups in total. The molecule has 4 nitrogen and oxygen atoms in total. The first-order chi connectivity index (χ1) is 10.2. The summed E-state index contributed by atoms with van der Waals surface area (Å²) in [6.45, 7) is 0. The number of benzene rings is 2. The van der Waals surface area contributed by atoms with E-state index in [0.29, 0.717) is 5.75 Å². The van der Waals surface area contributed by atoms with Gasteiger partial charge in [0.2, 0.25) is 0 Å². The summed E-state index contributed by atoms with van der Waals surface area (Å²) in [5.41, 5.74) is 1.55. The minimum absolute atomic E-state index is 0.373. The van der Waals surface area contributed by atoms with E-state index in [0.717, 1.165) is 15.7 Å². The van der Waals surface area contributed by atoms with Gasteiger partial charge in [-0.2, -0.15) is 0 Å². The van der Waals surface area contributed by atoms with E-state index in [9.17, 15) is 4.79 Å². The lowest BCUT2D eigenvalue weighted by atomic mass is 10.1. The van der Waals surface area contributed by atoms with Gasteiger partial charge in [0.05, 0.1) is 14.2 Å². The Hall–Kier alpha value is -2.01. The number of para-hydroxylation sites is 1. The summed E-state index contributed by atoms with van der Waals surface area (Å²) in [7, 11) is 2.95. The van der Waals surface area contributed by atoms with Gasteiger partial charge in [-0.25, -0.2) is 4.79 Å². The van der Waals surface area contributed by atoms with Crippen LogP contribution in [0.5, 0.6) is 5.75 Å². The zero-order valence-corrected chi connectivity index (χ0v) is 13.4. The lowest BCUT2D eigenvalue weighted by molar-refractivity contribution is -0.141. The van der Waals surface area contributed by atoms with Gasteiger partial charge in [0.15, 0.2) is 6.04 Å². The summed E-state index contributed by atoms with van der Waals surface area (Å²) in [5.74, 6) is 0.264. The Balaban J connectivity index is 2.34. The molecule has 0 saturated carbocycles. The Morgan fingerprint density at radius 2 is 1.76 bits per heavy atom. The summed E-state index contributed by atoms with van der Waals surface area (Å²) in [6, 6.07) is 14.3. The topological polar surface area (TPSA) is 47.6 Å². The minimum atomic E-state index is -0.632. The molecule has 0 spiro atoms. The molecule has 2 aromatic carbocycles. The zero-order valence-electron chi connectivity index (χ0n) is 11.8. The minimum Gasteiger partial charge on any atom is -0.496 e. The second kappa shape index (κ2) is 7.13. The highest BCUT2D eigenvalue weighted by Gasteiger charge is 2.24. The number of esters is 1. The van der Waals surface area contributed by atoms with Crippen molar-refractivity contribution in [3.05, 3.63) is 58.6 Å². The largest absolute Gasteiger partial charge is 0.496 e. The molecule has 1 atom stereocenters. The van der Waals surface area contributed by atoms with Crippen LogP contribution in [0.15, 0.2) is 53.0 Å². The van der Waals surface area contributed by atoms with Crippen LogP contribution < -0.4 is 10.1 Å². The molecule has 2 rings (SSSR count). The maximum Gasteiger partial charge on any atom is 0.333 e. The van der Waals surface area contributed by atoms with E-state index in [1.165, 1.54) is 7.11 Å². The van der Waals surface area contributed by atoms with Crippen LogP contribution in [-0.4, -0.2) is 20.2 Å². The molecule has 0 amide bonds. The van der Waals surface area contributed by atoms with Crippen molar-refractivity contribution in [2.45, 2.75) is 6.04 Å². The Kier molecular flexibility index (Phi) is 5.22. The lowest BCUT2D eigenvalue weighted by Crippen LogP contribution is -2.22. The van der Waals surface area contributed by atoms with Crippen molar-refractivity contribution in [3.8, 4) is 5.75 Å². The first-order valence-corrected chi connectivity index (χ1v) is 7.18. The maximum absolute atomic E-state index is 12.1. The molecule has 0 aromatic heterocycles. The van der Waals surface area contributed by atoms with Gasteiger partial charge in [0.1, 0.15) is 5.75 Å². The van der Waals surface area contributed by atoms with Gasteiger partial charge < -0.3 is 14.8 Å². The second-order valence-corrected chi connectivity index (χ2v) is 5.27. The van der Waals surface area contributed by atoms with E-state index >= 15 is 0 Å². The molecule has 21 heavy (non-hydrogen) atoms. The molecular weight excluding hydrogens is 334 g/mol. The van der Waals surface area contributed by atoms with Gasteiger partial charge in [0.25, 0.3) is 0 Å². The Morgan fingerprint density at radius 1 is 1.10 bits per heavy atom. The number of hydrogen-bond donors (Lipinski definition) is 1. The third kappa shape index (κ3) is 3.76. The number of anilines is 1. The van der Waals surface area contributed by atoms with Crippen molar-refractivity contribution >= 4 is 27.6 Å². The fraction of sp³-hybridized carbons (Fsp3) is 0.188. The number of ether oxygens (including phenoxy) is 2. The monoisotopic (exact) mass is 349 g/mol. The van der Waals surface area contributed by atoms with Crippen LogP contribution in [0.3, 0.4) is 0 Å². The van der Waals surface area contributed by atoms with Crippen molar-refractivity contribution in [3.63, 3.8) is 0 Å². The molecule has 0 radical (unpaired) electrons. The summed E-state index contributed by atoms with van der Waals surface area (Å²) < 4.78 is 11.2. The number of nitrogens with one attached hydrogen (secondary N) is 1. The summed E-state index contributed by atoms with van der Waals surface area (Å²) in [5, 5.41) is 3.17. The van der Waals surface area contributed by atoms with Crippen LogP contribution in [0.1, 0.15) is 11.6 Å². The Bertz CT molecular complexity index is 613. The van der Waals surface area contributed by atoms with Crippen molar-refractivity contribution < 1.29 is 14.3 Å². The van der Waals surface area contributed by atoms with Crippen LogP contribution in [-0.2, 0) is 9.53 Å². The van der Waals surface area contributed by atoms with E-state index in [4.69, 9.17) is 9.47 Å². The fourth-order valence-electron chi connectivity index (χ4n) is 2.00. The zero-order chi connectivity index (χ0) is 15.2. The van der Waals surface area contributed by atoms with Gasteiger partial charge in [-0.1, -0.05) is 34.1 Å². The van der Waals surface area contributed by atoms with E-state index in [-0.39, 0.29) is 5.97 Å². The number of methoxy groups -OCH3 is 2. The summed E-state index contributed by atoms with van der Waals surface area (Å²) in [6.07, 6.45) is 0. The van der Waals surface area contributed by atoms with Gasteiger partial charge >= 0.3 is 5.97 Å². The van der Waals surface area contributed by atoms with Crippen molar-refractivity contribution in [1.82, 2.24) is 0 Å². The van der Waals surface area contributed by atoms with Crippen molar-refractivity contribution in [2.75, 3.05) is 19.5 Å². The fourth-order valence-corrected chi connectivity index (χ4v) is 2.26. The third-order valence-electron chi connectivity index (χ3n) is 3.04. The molecule has 0 heterocycles. The first kappa shape index (κ1) is 15.4. The number of rotatable bonds is 5. The van der Waals surface area contributed by atoms with Gasteiger partial charge in [-0.05, 0) is 30.3 Å². The standard InChI is InChI=1S/C16H16BrNO3/c1-20-14-6-4-3-5-13(14)15(16(19)21-2)18-12-9-7-11(17)8-10-12/h3-10,15,18H,1-2H3. The number of carbonyl (C=O) groups is 1. The van der Waals surface area contributed by atoms with Crippen LogP contribution >= 0.6 is 15.9 Å². The number of halogens is 1. The Labute approximate surface area is 132 Å². The smallest absolute Gasteiger partial charge is 0.333 e. The average Bonchev–Trinajstić information content (AvgIpc) is 2.53. The second-order valence-electron chi connectivity index (χ2n) is 4.35. The normalized spacial score (nSPS) is 11.6. The molecule has 0 aliphatic carbocycles. The number of hydrogen-bond acceptors (Lipinski definition) is 4. The average molecular weight is 350 g/mol. The Morgan fingerprint density at radius 3 is 2.38 bits per heavy atom. The summed E-state index contributed by atoms with van der Waals surface area (Å²) in [4.78, 5) is 12.1. The quantitative estimate of drug-likeness (QED) is 0.834. The molecule has 0 bridgehead atoms. The maximum atomic E-state index is 12.1. The molecule has 0 aliphatic heterocycles. The highest BCUT2D eigenvalue weighted by molar-refractivity contribution is 9.10. The molecule has 5 heteroatoms. The lowest BCUT2D eigenvalue weighted by Gasteiger charge is -2.20. The first-order valence-electron chi connectivity index (χ1n) is 6.38. The molecule has 0 fully saturated rings. The molecule has 2 aromatic rings. The SMILES string of the molecule is COC(=O)C(Nc1ccc(Br)cc1)c1ccccc1OC. The van der Waals surface area contributed by atoms with Gasteiger partial charge in [-0.15, -0.1) is 0 Å². The van der Waals surface area contributed by atoms with E-state index in [2.05, 4.69) is 21.2 Å². The predicted molar refractivity (Wildman–Crippen MR) is 85.5 cm³/mol. The molecule has 110 valence electrons. The molecule has 0 saturated heterocycles. The molecular formula is C16H16BrNO3. The van der Waals surface area contributed by atoms with Crippen molar-refractivity contribution in [2.24, 2.45) is 0 Å². The van der Waals surface area contributed by atoms with Crippen molar-refractivity contribution in [1.29, 1.82) is 0 Å². The number of carbonyl (C=O) groups excluding carboxylic acids is 1. The van der Waals surface area contributed by atoms with E-state index < -0.39 is 6.04 Å². The van der Waals surface area contributed by atoms with Gasteiger partial charge in [-0.3, -0.25) is 0 Å². The van der Waals surface area contributed by atoms with Crippen LogP contribution in [0.25, 0.3) is 0 Å². The van der Waals surface area contributed by atoms with Gasteiger partial charge in [0, 0.05) is 15.7 Å². The van der Waals surface area contributed by atoms with Crippen LogP contribution in [0.4, 0.5) is 5.69 Å². The highest BCUT2D eigenvalue weighted by Crippen LogP contribution is 2.29. The molecule has 1 unspecified atom stereocenters. The predicted octanol–water partition coefficient (Wildman–Crippen LogP) is 3.78. The third-order valence-corrected chi connectivity index (χ3v) is 3.57. The highest BCUT2D eigenvalue weighted by atomic mass is 79.9. The van der Waals surface area contributed by atoms with Crippen LogP contribution in [0.2, 0.25) is 0 Å². The van der Waals surface area contributed by atoms with Crippen LogP contribution in [0, 0.1) is 0 Å².